The quantitative estimate of drug-likeness (QED) is 0.428. The standard InChI is InChI=1S/C30H42N6O7/c1-29(2,3)42-27(37)33-14-21(15-33)34(28(38)43-30(4,5)6)17-23-31-32-24(40-23)22-13-12-20-16-35(22)25-26(41-25)36(20)39-18-19-10-8-7-9-11-19/h7-11,20-22,25-26H,12-18H2,1-6H3. The zero-order valence-corrected chi connectivity index (χ0v) is 25.8. The predicted octanol–water partition coefficient (Wildman–Crippen LogP) is 4.06. The van der Waals surface area contributed by atoms with Gasteiger partial charge < -0.3 is 23.5 Å². The molecule has 0 radical (unpaired) electrons. The van der Waals surface area contributed by atoms with E-state index in [1.165, 1.54) is 0 Å². The fraction of sp³-hybridized carbons (Fsp3) is 0.667. The van der Waals surface area contributed by atoms with E-state index in [1.54, 1.807) is 9.80 Å². The predicted molar refractivity (Wildman–Crippen MR) is 152 cm³/mol. The molecule has 2 amide bonds. The molecular weight excluding hydrogens is 556 g/mol. The van der Waals surface area contributed by atoms with E-state index in [1.807, 2.05) is 64.8 Å². The molecule has 0 N–H and O–H groups in total. The fourth-order valence-corrected chi connectivity index (χ4v) is 5.77. The average molecular weight is 599 g/mol. The number of hydrogen-bond acceptors (Lipinski definition) is 11. The van der Waals surface area contributed by atoms with Gasteiger partial charge in [0.1, 0.15) is 17.7 Å². The minimum atomic E-state index is -0.684. The number of carbonyl (C=O) groups is 2. The van der Waals surface area contributed by atoms with Crippen LogP contribution < -0.4 is 0 Å². The van der Waals surface area contributed by atoms with Crippen LogP contribution in [0.25, 0.3) is 0 Å². The molecule has 1 aromatic heterocycles. The van der Waals surface area contributed by atoms with Gasteiger partial charge in [-0.1, -0.05) is 30.3 Å². The molecule has 4 saturated heterocycles. The van der Waals surface area contributed by atoms with Crippen LogP contribution in [0.1, 0.15) is 77.8 Å². The Bertz CT molecular complexity index is 1300. The van der Waals surface area contributed by atoms with Gasteiger partial charge in [-0.05, 0) is 59.9 Å². The molecule has 1 aromatic carbocycles. The van der Waals surface area contributed by atoms with Crippen LogP contribution in [0.15, 0.2) is 34.7 Å². The van der Waals surface area contributed by atoms with Gasteiger partial charge in [-0.3, -0.25) is 14.6 Å². The number of epoxide rings is 1. The lowest BCUT2D eigenvalue weighted by Crippen LogP contribution is -2.63. The van der Waals surface area contributed by atoms with Crippen LogP contribution in [-0.2, 0) is 32.2 Å². The Morgan fingerprint density at radius 3 is 2.37 bits per heavy atom. The van der Waals surface area contributed by atoms with Crippen LogP contribution >= 0.6 is 0 Å². The lowest BCUT2D eigenvalue weighted by Gasteiger charge is -2.44. The third-order valence-corrected chi connectivity index (χ3v) is 7.86. The largest absolute Gasteiger partial charge is 0.444 e. The van der Waals surface area contributed by atoms with Crippen molar-refractivity contribution in [1.29, 1.82) is 0 Å². The smallest absolute Gasteiger partial charge is 0.411 e. The van der Waals surface area contributed by atoms with Crippen molar-refractivity contribution in [3.05, 3.63) is 47.7 Å². The number of ether oxygens (including phenoxy) is 3. The van der Waals surface area contributed by atoms with Crippen molar-refractivity contribution in [1.82, 2.24) is 30.0 Å². The SMILES string of the molecule is CC(C)(C)OC(=O)N1CC(N(Cc2nnc(C3CCC4CN3C3OC3N4OCc3ccccc3)o2)C(=O)OC(C)(C)C)C1. The molecule has 4 aliphatic heterocycles. The number of aromatic nitrogens is 2. The third kappa shape index (κ3) is 6.79. The van der Waals surface area contributed by atoms with Crippen molar-refractivity contribution >= 4 is 12.2 Å². The van der Waals surface area contributed by atoms with E-state index >= 15 is 0 Å². The summed E-state index contributed by atoms with van der Waals surface area (Å²) in [5, 5.41) is 10.7. The number of benzene rings is 1. The summed E-state index contributed by atoms with van der Waals surface area (Å²) in [5.41, 5.74) is -0.162. The fourth-order valence-electron chi connectivity index (χ4n) is 5.77. The Morgan fingerprint density at radius 2 is 1.67 bits per heavy atom. The topological polar surface area (TPSA) is 126 Å². The molecule has 43 heavy (non-hydrogen) atoms. The van der Waals surface area contributed by atoms with E-state index in [-0.39, 0.29) is 37.1 Å². The molecule has 234 valence electrons. The van der Waals surface area contributed by atoms with Crippen LogP contribution in [0.4, 0.5) is 9.59 Å². The maximum atomic E-state index is 13.2. The first-order valence-corrected chi connectivity index (χ1v) is 15.0. The average Bonchev–Trinajstić information content (AvgIpc) is 3.56. The number of nitrogens with zero attached hydrogens (tertiary/aromatic N) is 6. The summed E-state index contributed by atoms with van der Waals surface area (Å²) in [6.45, 7) is 12.9. The second kappa shape index (κ2) is 11.3. The summed E-state index contributed by atoms with van der Waals surface area (Å²) in [6.07, 6.45) is 0.582. The van der Waals surface area contributed by atoms with E-state index < -0.39 is 23.4 Å². The molecule has 4 aliphatic rings. The molecule has 5 heterocycles. The van der Waals surface area contributed by atoms with Gasteiger partial charge >= 0.3 is 12.2 Å². The number of piperidine rings is 1. The molecule has 5 atom stereocenters. The van der Waals surface area contributed by atoms with Crippen LogP contribution in [0, 0.1) is 0 Å². The highest BCUT2D eigenvalue weighted by Crippen LogP contribution is 2.46. The van der Waals surface area contributed by atoms with Crippen molar-refractivity contribution < 1.29 is 33.1 Å². The number of hydrogen-bond donors (Lipinski definition) is 0. The van der Waals surface area contributed by atoms with Gasteiger partial charge in [-0.2, -0.15) is 5.06 Å². The van der Waals surface area contributed by atoms with Gasteiger partial charge in [-0.15, -0.1) is 10.2 Å². The van der Waals surface area contributed by atoms with Crippen molar-refractivity contribution in [3.8, 4) is 0 Å². The monoisotopic (exact) mass is 598 g/mol. The van der Waals surface area contributed by atoms with E-state index in [9.17, 15) is 9.59 Å². The molecule has 13 nitrogen and oxygen atoms in total. The Morgan fingerprint density at radius 1 is 0.953 bits per heavy atom. The van der Waals surface area contributed by atoms with Gasteiger partial charge in [0.05, 0.1) is 24.7 Å². The molecule has 0 aliphatic carbocycles. The zero-order valence-electron chi connectivity index (χ0n) is 25.8. The van der Waals surface area contributed by atoms with E-state index in [4.69, 9.17) is 23.5 Å². The Labute approximate surface area is 251 Å². The minimum Gasteiger partial charge on any atom is -0.444 e. The molecule has 6 rings (SSSR count). The highest BCUT2D eigenvalue weighted by atomic mass is 16.8. The van der Waals surface area contributed by atoms with Crippen molar-refractivity contribution in [3.63, 3.8) is 0 Å². The zero-order chi connectivity index (χ0) is 30.5. The van der Waals surface area contributed by atoms with Crippen molar-refractivity contribution in [2.24, 2.45) is 0 Å². The molecule has 5 unspecified atom stereocenters. The van der Waals surface area contributed by atoms with Crippen LogP contribution in [0.3, 0.4) is 0 Å². The highest BCUT2D eigenvalue weighted by Gasteiger charge is 2.59. The maximum Gasteiger partial charge on any atom is 0.411 e. The molecular formula is C30H42N6O7. The van der Waals surface area contributed by atoms with Gasteiger partial charge in [0.15, 0.2) is 12.5 Å². The summed E-state index contributed by atoms with van der Waals surface area (Å²) in [7, 11) is 0. The Balaban J connectivity index is 1.08. The Hall–Kier alpha value is -3.26. The molecule has 0 saturated carbocycles. The second-order valence-corrected chi connectivity index (χ2v) is 13.7. The second-order valence-electron chi connectivity index (χ2n) is 13.7. The summed E-state index contributed by atoms with van der Waals surface area (Å²) in [5.74, 6) is 0.825. The summed E-state index contributed by atoms with van der Waals surface area (Å²) < 4.78 is 23.3. The first-order chi connectivity index (χ1) is 20.3. The van der Waals surface area contributed by atoms with E-state index in [2.05, 4.69) is 27.2 Å². The molecule has 2 bridgehead atoms. The number of likely N-dealkylation sites (tertiary alicyclic amines) is 1. The van der Waals surface area contributed by atoms with Gasteiger partial charge in [0.25, 0.3) is 0 Å². The molecule has 2 aromatic rings. The normalized spacial score (nSPS) is 27.2. The Kier molecular flexibility index (Phi) is 7.86. The number of hydroxylamine groups is 2. The maximum absolute atomic E-state index is 13.2. The summed E-state index contributed by atoms with van der Waals surface area (Å²) in [6, 6.07) is 9.98. The molecule has 0 spiro atoms. The van der Waals surface area contributed by atoms with Crippen LogP contribution in [0.5, 0.6) is 0 Å². The molecule has 13 heteroatoms. The number of carbonyl (C=O) groups excluding carboxylic acids is 2. The highest BCUT2D eigenvalue weighted by molar-refractivity contribution is 5.72. The number of rotatable bonds is 7. The van der Waals surface area contributed by atoms with E-state index in [0.717, 1.165) is 24.9 Å². The lowest BCUT2D eigenvalue weighted by atomic mass is 9.95. The van der Waals surface area contributed by atoms with Gasteiger partial charge in [0.2, 0.25) is 11.8 Å². The summed E-state index contributed by atoms with van der Waals surface area (Å²) >= 11 is 0. The summed E-state index contributed by atoms with van der Waals surface area (Å²) in [4.78, 5) is 37.3. The number of amides is 2. The van der Waals surface area contributed by atoms with Crippen molar-refractivity contribution in [2.45, 2.75) is 109 Å². The van der Waals surface area contributed by atoms with Crippen molar-refractivity contribution in [2.75, 3.05) is 19.6 Å². The first kappa shape index (κ1) is 29.8. The van der Waals surface area contributed by atoms with E-state index in [0.29, 0.717) is 31.5 Å². The molecule has 4 fully saturated rings. The van der Waals surface area contributed by atoms with Crippen LogP contribution in [0.2, 0.25) is 0 Å². The minimum absolute atomic E-state index is 0.0771. The number of piperazine rings is 1. The lowest BCUT2D eigenvalue weighted by molar-refractivity contribution is -0.240. The number of fused-ring (bicyclic) bond motifs is 4. The first-order valence-electron chi connectivity index (χ1n) is 15.0. The third-order valence-electron chi connectivity index (χ3n) is 7.86. The van der Waals surface area contributed by atoms with Gasteiger partial charge in [0, 0.05) is 19.6 Å². The van der Waals surface area contributed by atoms with Crippen LogP contribution in [-0.4, -0.2) is 97.5 Å². The van der Waals surface area contributed by atoms with Gasteiger partial charge in [-0.25, -0.2) is 9.59 Å².